The molecule has 3 aromatic rings. The number of aliphatic carboxylic acids is 1. The van der Waals surface area contributed by atoms with Crippen LogP contribution in [-0.4, -0.2) is 73.7 Å². The molecule has 8 N–H and O–H groups in total. The zero-order valence-electron chi connectivity index (χ0n) is 21.1. The van der Waals surface area contributed by atoms with Crippen molar-refractivity contribution in [2.24, 2.45) is 11.7 Å². The number of hydrogen-bond acceptors (Lipinski definition) is 7. The minimum atomic E-state index is -1.19. The van der Waals surface area contributed by atoms with Gasteiger partial charge in [-0.1, -0.05) is 32.0 Å². The van der Waals surface area contributed by atoms with Gasteiger partial charge in [0.05, 0.1) is 12.4 Å². The number of hydrogen-bond donors (Lipinski definition) is 8. The van der Waals surface area contributed by atoms with Crippen LogP contribution in [0.25, 0.3) is 10.9 Å². The lowest BCUT2D eigenvalue weighted by Gasteiger charge is -2.25. The number of carbonyl (C=O) groups excluding carboxylic acids is 3. The second kappa shape index (κ2) is 13.1. The number of thiol groups is 1. The van der Waals surface area contributed by atoms with Crippen molar-refractivity contribution in [1.29, 1.82) is 0 Å². The van der Waals surface area contributed by atoms with E-state index in [9.17, 15) is 24.3 Å². The van der Waals surface area contributed by atoms with Crippen molar-refractivity contribution >= 4 is 47.2 Å². The number of H-pyrrole nitrogens is 2. The Labute approximate surface area is 225 Å². The van der Waals surface area contributed by atoms with E-state index in [0.29, 0.717) is 5.69 Å². The number of para-hydroxylation sites is 1. The van der Waals surface area contributed by atoms with Crippen LogP contribution in [0, 0.1) is 5.92 Å². The Bertz CT molecular complexity index is 1260. The number of aromatic amines is 2. The highest BCUT2D eigenvalue weighted by atomic mass is 32.1. The van der Waals surface area contributed by atoms with Gasteiger partial charge in [0.15, 0.2) is 0 Å². The normalized spacial score (nSPS) is 14.4. The Morgan fingerprint density at radius 3 is 2.32 bits per heavy atom. The Hall–Kier alpha value is -3.84. The van der Waals surface area contributed by atoms with E-state index in [1.165, 1.54) is 12.5 Å². The minimum absolute atomic E-state index is 0.0231. The van der Waals surface area contributed by atoms with Crippen LogP contribution >= 0.6 is 12.6 Å². The number of imidazole rings is 1. The van der Waals surface area contributed by atoms with Gasteiger partial charge in [0.1, 0.15) is 18.1 Å². The van der Waals surface area contributed by atoms with E-state index in [4.69, 9.17) is 5.73 Å². The highest BCUT2D eigenvalue weighted by Gasteiger charge is 2.31. The molecule has 3 rings (SSSR count). The van der Waals surface area contributed by atoms with Crippen LogP contribution in [0.15, 0.2) is 43.0 Å². The number of aromatic nitrogens is 3. The third-order valence-electron chi connectivity index (χ3n) is 6.11. The number of rotatable bonds is 13. The highest BCUT2D eigenvalue weighted by Crippen LogP contribution is 2.18. The van der Waals surface area contributed by atoms with E-state index >= 15 is 0 Å². The molecule has 0 radical (unpaired) electrons. The first-order valence-corrected chi connectivity index (χ1v) is 12.8. The fraction of sp³-hybridized carbons (Fsp3) is 0.400. The summed E-state index contributed by atoms with van der Waals surface area (Å²) in [6, 6.07) is 3.33. The van der Waals surface area contributed by atoms with Crippen LogP contribution in [0.5, 0.6) is 0 Å². The number of nitrogens with one attached hydrogen (secondary N) is 5. The summed E-state index contributed by atoms with van der Waals surface area (Å²) in [5.74, 6) is -3.53. The summed E-state index contributed by atoms with van der Waals surface area (Å²) in [7, 11) is 0. The first-order valence-electron chi connectivity index (χ1n) is 12.1. The lowest BCUT2D eigenvalue weighted by molar-refractivity contribution is -0.143. The summed E-state index contributed by atoms with van der Waals surface area (Å²) in [6.45, 7) is 3.32. The Kier molecular flexibility index (Phi) is 9.91. The molecule has 2 aromatic heterocycles. The van der Waals surface area contributed by atoms with Crippen LogP contribution in [-0.2, 0) is 32.0 Å². The van der Waals surface area contributed by atoms with Gasteiger partial charge in [0.25, 0.3) is 0 Å². The Morgan fingerprint density at radius 2 is 1.68 bits per heavy atom. The fourth-order valence-corrected chi connectivity index (χ4v) is 4.23. The van der Waals surface area contributed by atoms with E-state index < -0.39 is 47.9 Å². The van der Waals surface area contributed by atoms with Crippen LogP contribution < -0.4 is 21.7 Å². The van der Waals surface area contributed by atoms with Crippen molar-refractivity contribution in [2.75, 3.05) is 5.75 Å². The van der Waals surface area contributed by atoms with Crippen molar-refractivity contribution < 1.29 is 24.3 Å². The molecule has 12 nitrogen and oxygen atoms in total. The van der Waals surface area contributed by atoms with Gasteiger partial charge in [-0.25, -0.2) is 9.78 Å². The van der Waals surface area contributed by atoms with Crippen molar-refractivity contribution in [3.05, 3.63) is 54.2 Å². The first-order chi connectivity index (χ1) is 18.1. The number of benzene rings is 1. The van der Waals surface area contributed by atoms with Gasteiger partial charge >= 0.3 is 5.97 Å². The van der Waals surface area contributed by atoms with Gasteiger partial charge in [-0.05, 0) is 24.0 Å². The van der Waals surface area contributed by atoms with Crippen LogP contribution in [0.1, 0.15) is 25.1 Å². The number of carbonyl (C=O) groups is 4. The number of carboxylic acid groups (broad SMARTS) is 1. The van der Waals surface area contributed by atoms with Gasteiger partial charge in [-0.3, -0.25) is 14.4 Å². The quantitative estimate of drug-likeness (QED) is 0.140. The van der Waals surface area contributed by atoms with E-state index in [-0.39, 0.29) is 24.5 Å². The first kappa shape index (κ1) is 28.7. The summed E-state index contributed by atoms with van der Waals surface area (Å²) in [4.78, 5) is 60.4. The average Bonchev–Trinajstić information content (AvgIpc) is 3.54. The fourth-order valence-electron chi connectivity index (χ4n) is 3.97. The number of nitrogens with two attached hydrogens (primary N) is 1. The summed E-state index contributed by atoms with van der Waals surface area (Å²) in [5, 5.41) is 18.1. The molecule has 0 aliphatic rings. The molecule has 0 bridgehead atoms. The van der Waals surface area contributed by atoms with E-state index in [2.05, 4.69) is 43.5 Å². The maximum atomic E-state index is 13.1. The maximum Gasteiger partial charge on any atom is 0.326 e. The van der Waals surface area contributed by atoms with Gasteiger partial charge in [0, 0.05) is 41.2 Å². The largest absolute Gasteiger partial charge is 0.480 e. The molecule has 0 aliphatic carbocycles. The SMILES string of the molecule is CC(C)C(NC(=O)C(Cc1cnc[nH]1)NC(=O)C(CS)NC(=O)C(N)Cc1c[nH]c2ccccc12)C(=O)O. The molecule has 38 heavy (non-hydrogen) atoms. The number of carboxylic acids is 1. The summed E-state index contributed by atoms with van der Waals surface area (Å²) < 4.78 is 0. The molecule has 0 spiro atoms. The molecule has 204 valence electrons. The van der Waals surface area contributed by atoms with Gasteiger partial charge in [-0.2, -0.15) is 12.6 Å². The van der Waals surface area contributed by atoms with Crippen molar-refractivity contribution in [3.63, 3.8) is 0 Å². The molecule has 0 fully saturated rings. The second-order valence-electron chi connectivity index (χ2n) is 9.32. The topological polar surface area (TPSA) is 195 Å². The Morgan fingerprint density at radius 1 is 1.00 bits per heavy atom. The van der Waals surface area contributed by atoms with Gasteiger partial charge < -0.3 is 36.8 Å². The van der Waals surface area contributed by atoms with E-state index in [1.807, 2.05) is 24.3 Å². The molecule has 0 saturated carbocycles. The smallest absolute Gasteiger partial charge is 0.326 e. The molecule has 0 saturated heterocycles. The molecular formula is C25H33N7O5S. The molecule has 3 amide bonds. The third-order valence-corrected chi connectivity index (χ3v) is 6.47. The zero-order chi connectivity index (χ0) is 27.8. The molecular weight excluding hydrogens is 510 g/mol. The van der Waals surface area contributed by atoms with E-state index in [0.717, 1.165) is 16.5 Å². The summed E-state index contributed by atoms with van der Waals surface area (Å²) >= 11 is 4.19. The number of amides is 3. The predicted octanol–water partition coefficient (Wildman–Crippen LogP) is 0.128. The number of nitrogens with zero attached hydrogens (tertiary/aromatic N) is 1. The zero-order valence-corrected chi connectivity index (χ0v) is 22.0. The van der Waals surface area contributed by atoms with E-state index in [1.54, 1.807) is 20.0 Å². The second-order valence-corrected chi connectivity index (χ2v) is 9.69. The van der Waals surface area contributed by atoms with Gasteiger partial charge in [0.2, 0.25) is 17.7 Å². The lowest BCUT2D eigenvalue weighted by atomic mass is 10.0. The summed E-state index contributed by atoms with van der Waals surface area (Å²) in [6.07, 6.45) is 4.97. The molecule has 4 atom stereocenters. The minimum Gasteiger partial charge on any atom is -0.480 e. The molecule has 2 heterocycles. The van der Waals surface area contributed by atoms with Crippen LogP contribution in [0.2, 0.25) is 0 Å². The summed E-state index contributed by atoms with van der Waals surface area (Å²) in [5.41, 5.74) is 8.48. The molecule has 4 unspecified atom stereocenters. The van der Waals surface area contributed by atoms with Crippen LogP contribution in [0.3, 0.4) is 0 Å². The lowest BCUT2D eigenvalue weighted by Crippen LogP contribution is -2.58. The molecule has 13 heteroatoms. The van der Waals surface area contributed by atoms with Crippen molar-refractivity contribution in [1.82, 2.24) is 30.9 Å². The average molecular weight is 544 g/mol. The Balaban J connectivity index is 1.67. The monoisotopic (exact) mass is 543 g/mol. The molecule has 0 aliphatic heterocycles. The predicted molar refractivity (Wildman–Crippen MR) is 144 cm³/mol. The highest BCUT2D eigenvalue weighted by molar-refractivity contribution is 7.80. The van der Waals surface area contributed by atoms with Crippen LogP contribution in [0.4, 0.5) is 0 Å². The maximum absolute atomic E-state index is 13.1. The van der Waals surface area contributed by atoms with Crippen molar-refractivity contribution in [2.45, 2.75) is 50.9 Å². The molecule has 1 aromatic carbocycles. The number of fused-ring (bicyclic) bond motifs is 1. The van der Waals surface area contributed by atoms with Gasteiger partial charge in [-0.15, -0.1) is 0 Å². The third kappa shape index (κ3) is 7.35. The van der Waals surface area contributed by atoms with Crippen molar-refractivity contribution in [3.8, 4) is 0 Å². The standard InChI is InChI=1S/C25H33N7O5S/c1-13(2)21(25(36)37)32-23(34)19(8-15-10-27-12-29-15)30-24(35)20(11-38)31-22(33)17(26)7-14-9-28-18-6-4-3-5-16(14)18/h3-6,9-10,12-13,17,19-21,28,38H,7-8,11,26H2,1-2H3,(H,27,29)(H,30,35)(H,31,33)(H,32,34)(H,36,37).